The van der Waals surface area contributed by atoms with E-state index in [0.717, 1.165) is 24.8 Å². The molecule has 124 valence electrons. The molecule has 2 N–H and O–H groups in total. The van der Waals surface area contributed by atoms with E-state index in [2.05, 4.69) is 13.8 Å². The third-order valence-corrected chi connectivity index (χ3v) is 4.96. The van der Waals surface area contributed by atoms with Crippen molar-refractivity contribution in [2.24, 2.45) is 16.6 Å². The second-order valence-electron chi connectivity index (χ2n) is 6.89. The first-order valence-electron chi connectivity index (χ1n) is 8.25. The van der Waals surface area contributed by atoms with Crippen molar-refractivity contribution in [3.63, 3.8) is 0 Å². The first kappa shape index (κ1) is 16.5. The van der Waals surface area contributed by atoms with Gasteiger partial charge in [-0.25, -0.2) is 4.99 Å². The predicted octanol–water partition coefficient (Wildman–Crippen LogP) is 3.46. The lowest BCUT2D eigenvalue weighted by molar-refractivity contribution is -0.137. The number of hydrogen-bond donors (Lipinski definition) is 1. The number of hydrogen-bond acceptors (Lipinski definition) is 4. The van der Waals surface area contributed by atoms with Crippen molar-refractivity contribution in [3.8, 4) is 0 Å². The lowest BCUT2D eigenvalue weighted by atomic mass is 9.73. The van der Waals surface area contributed by atoms with E-state index in [1.807, 2.05) is 18.2 Å². The number of nitrogens with zero attached hydrogens (tertiary/aromatic N) is 1. The molecule has 0 saturated heterocycles. The fourth-order valence-electron chi connectivity index (χ4n) is 3.55. The van der Waals surface area contributed by atoms with Crippen LogP contribution in [-0.2, 0) is 15.1 Å². The third-order valence-electron chi connectivity index (χ3n) is 4.63. The number of nitrogens with two attached hydrogens (primary N) is 1. The van der Waals surface area contributed by atoms with Crippen LogP contribution in [0, 0.1) is 5.92 Å². The Morgan fingerprint density at radius 1 is 1.43 bits per heavy atom. The van der Waals surface area contributed by atoms with Crippen LogP contribution in [0.1, 0.15) is 45.1 Å². The average molecular weight is 335 g/mol. The molecule has 0 aromatic heterocycles. The maximum atomic E-state index is 12.9. The number of rotatable bonds is 4. The molecule has 0 spiro atoms. The van der Waals surface area contributed by atoms with Gasteiger partial charge < -0.3 is 10.5 Å². The molecule has 3 rings (SSSR count). The molecular formula is C18H23ClN2O2. The van der Waals surface area contributed by atoms with Crippen LogP contribution in [0.2, 0.25) is 5.02 Å². The second-order valence-corrected chi connectivity index (χ2v) is 7.30. The van der Waals surface area contributed by atoms with Crippen LogP contribution in [0.5, 0.6) is 0 Å². The second kappa shape index (κ2) is 6.25. The highest BCUT2D eigenvalue weighted by atomic mass is 35.5. The smallest absolute Gasteiger partial charge is 0.205 e. The van der Waals surface area contributed by atoms with Crippen LogP contribution in [0.3, 0.4) is 0 Å². The molecule has 3 atom stereocenters. The Morgan fingerprint density at radius 3 is 2.87 bits per heavy atom. The van der Waals surface area contributed by atoms with Crippen LogP contribution in [-0.4, -0.2) is 23.8 Å². The van der Waals surface area contributed by atoms with E-state index < -0.39 is 11.6 Å². The van der Waals surface area contributed by atoms with Crippen molar-refractivity contribution >= 4 is 23.3 Å². The summed E-state index contributed by atoms with van der Waals surface area (Å²) < 4.78 is 5.85. The fourth-order valence-corrected chi connectivity index (χ4v) is 3.84. The largest absolute Gasteiger partial charge is 0.468 e. The normalized spacial score (nSPS) is 28.3. The third kappa shape index (κ3) is 2.90. The van der Waals surface area contributed by atoms with E-state index >= 15 is 0 Å². The number of fused-ring (bicyclic) bond motifs is 2. The minimum Gasteiger partial charge on any atom is -0.468 e. The van der Waals surface area contributed by atoms with E-state index in [0.29, 0.717) is 23.3 Å². The highest BCUT2D eigenvalue weighted by Crippen LogP contribution is 2.44. The predicted molar refractivity (Wildman–Crippen MR) is 91.7 cm³/mol. The topological polar surface area (TPSA) is 64.7 Å². The Hall–Kier alpha value is -1.39. The lowest BCUT2D eigenvalue weighted by Crippen LogP contribution is -2.54. The van der Waals surface area contributed by atoms with Gasteiger partial charge in [0.1, 0.15) is 0 Å². The maximum absolute atomic E-state index is 12.9. The van der Waals surface area contributed by atoms with Crippen molar-refractivity contribution in [1.29, 1.82) is 0 Å². The maximum Gasteiger partial charge on any atom is 0.205 e. The van der Waals surface area contributed by atoms with Gasteiger partial charge in [0.2, 0.25) is 11.7 Å². The number of halogens is 1. The van der Waals surface area contributed by atoms with E-state index in [4.69, 9.17) is 27.1 Å². The number of aliphatic imine (C=N–C) groups is 1. The number of carbonyl (C=O) groups is 1. The molecule has 1 saturated carbocycles. The fraction of sp³-hybridized carbons (Fsp3) is 0.556. The van der Waals surface area contributed by atoms with E-state index in [-0.39, 0.29) is 11.8 Å². The average Bonchev–Trinajstić information content (AvgIpc) is 2.47. The Morgan fingerprint density at radius 2 is 2.17 bits per heavy atom. The standard InChI is InChI=1S/C18H23ClN2O2/c1-11(2)10-14(20)17-21-18(12-6-3-4-7-13(12)19)9-5-8-15(23-17)16(18)22/h3-4,6-7,11,14-15H,5,8-10,20H2,1-2H3/t14?,15-,18-/m1/s1. The number of ether oxygens (including phenoxy) is 1. The van der Waals surface area contributed by atoms with Crippen LogP contribution in [0.4, 0.5) is 0 Å². The summed E-state index contributed by atoms with van der Waals surface area (Å²) in [5, 5.41) is 0.573. The molecule has 4 nitrogen and oxygen atoms in total. The monoisotopic (exact) mass is 334 g/mol. The minimum atomic E-state index is -0.927. The van der Waals surface area contributed by atoms with Gasteiger partial charge in [0.15, 0.2) is 11.6 Å². The Balaban J connectivity index is 2.07. The summed E-state index contributed by atoms with van der Waals surface area (Å²) in [7, 11) is 0. The SMILES string of the molecule is CC(C)CC(N)C1=N[C@@]2(c3ccccc3Cl)CCC[C@@H](O1)C2=O. The zero-order chi connectivity index (χ0) is 16.6. The summed E-state index contributed by atoms with van der Waals surface area (Å²) in [5.74, 6) is 0.949. The summed E-state index contributed by atoms with van der Waals surface area (Å²) >= 11 is 6.38. The van der Waals surface area contributed by atoms with Crippen molar-refractivity contribution < 1.29 is 9.53 Å². The number of ketones is 1. The lowest BCUT2D eigenvalue weighted by Gasteiger charge is -2.42. The Labute approximate surface area is 142 Å². The summed E-state index contributed by atoms with van der Waals surface area (Å²) in [4.78, 5) is 17.7. The summed E-state index contributed by atoms with van der Waals surface area (Å²) in [6, 6.07) is 7.17. The molecule has 23 heavy (non-hydrogen) atoms. The molecule has 1 aromatic rings. The summed E-state index contributed by atoms with van der Waals surface area (Å²) in [6.45, 7) is 4.22. The van der Waals surface area contributed by atoms with E-state index in [1.165, 1.54) is 0 Å². The molecule has 2 aliphatic rings. The Bertz CT molecular complexity index is 644. The number of Topliss-reactive ketones (excluding diaryl/α,β-unsaturated/α-hetero) is 1. The molecule has 0 radical (unpaired) electrons. The van der Waals surface area contributed by atoms with Gasteiger partial charge >= 0.3 is 0 Å². The van der Waals surface area contributed by atoms with Gasteiger partial charge in [0.25, 0.3) is 0 Å². The molecule has 1 unspecified atom stereocenters. The molecule has 0 amide bonds. The molecular weight excluding hydrogens is 312 g/mol. The molecule has 5 heteroatoms. The first-order valence-corrected chi connectivity index (χ1v) is 8.63. The van der Waals surface area contributed by atoms with Crippen molar-refractivity contribution in [2.75, 3.05) is 0 Å². The van der Waals surface area contributed by atoms with Gasteiger partial charge in [-0.15, -0.1) is 0 Å². The molecule has 1 aliphatic carbocycles. The molecule has 1 aliphatic heterocycles. The highest BCUT2D eigenvalue weighted by Gasteiger charge is 2.52. The van der Waals surface area contributed by atoms with Gasteiger partial charge in [-0.2, -0.15) is 0 Å². The zero-order valence-corrected chi connectivity index (χ0v) is 14.3. The first-order chi connectivity index (χ1) is 10.9. The number of carbonyl (C=O) groups excluding carboxylic acids is 1. The van der Waals surface area contributed by atoms with Crippen molar-refractivity contribution in [3.05, 3.63) is 34.9 Å². The highest BCUT2D eigenvalue weighted by molar-refractivity contribution is 6.32. The molecule has 2 bridgehead atoms. The van der Waals surface area contributed by atoms with Crippen LogP contribution >= 0.6 is 11.6 Å². The zero-order valence-electron chi connectivity index (χ0n) is 13.6. The van der Waals surface area contributed by atoms with Gasteiger partial charge in [-0.3, -0.25) is 4.79 Å². The van der Waals surface area contributed by atoms with Gasteiger partial charge in [-0.1, -0.05) is 43.6 Å². The van der Waals surface area contributed by atoms with Gasteiger partial charge in [0, 0.05) is 10.6 Å². The van der Waals surface area contributed by atoms with Gasteiger partial charge in [-0.05, 0) is 37.7 Å². The molecule has 1 heterocycles. The minimum absolute atomic E-state index is 0.0114. The molecule has 1 aromatic carbocycles. The van der Waals surface area contributed by atoms with Crippen molar-refractivity contribution in [2.45, 2.75) is 57.2 Å². The summed E-state index contributed by atoms with van der Waals surface area (Å²) in [6.07, 6.45) is 2.59. The van der Waals surface area contributed by atoms with E-state index in [9.17, 15) is 4.79 Å². The molecule has 1 fully saturated rings. The Kier molecular flexibility index (Phi) is 4.47. The van der Waals surface area contributed by atoms with Crippen molar-refractivity contribution in [1.82, 2.24) is 0 Å². The van der Waals surface area contributed by atoms with Crippen LogP contribution in [0.15, 0.2) is 29.3 Å². The van der Waals surface area contributed by atoms with E-state index in [1.54, 1.807) is 6.07 Å². The summed E-state index contributed by atoms with van der Waals surface area (Å²) in [5.41, 5.74) is 6.12. The van der Waals surface area contributed by atoms with Crippen LogP contribution < -0.4 is 5.73 Å². The quantitative estimate of drug-likeness (QED) is 0.917. The van der Waals surface area contributed by atoms with Gasteiger partial charge in [0.05, 0.1) is 6.04 Å². The van der Waals surface area contributed by atoms with Crippen LogP contribution in [0.25, 0.3) is 0 Å². The number of benzene rings is 1.